The van der Waals surface area contributed by atoms with Crippen molar-refractivity contribution in [2.45, 2.75) is 26.0 Å². The molecular formula is C14H18Cl2N2OS2. The minimum absolute atomic E-state index is 0.154. The van der Waals surface area contributed by atoms with E-state index < -0.39 is 0 Å². The molecule has 0 spiro atoms. The summed E-state index contributed by atoms with van der Waals surface area (Å²) in [5.74, 6) is -0.154. The monoisotopic (exact) mass is 364 g/mol. The van der Waals surface area contributed by atoms with E-state index in [1.807, 2.05) is 25.7 Å². The highest BCUT2D eigenvalue weighted by molar-refractivity contribution is 8.23. The fourth-order valence-corrected chi connectivity index (χ4v) is 3.49. The van der Waals surface area contributed by atoms with Crippen molar-refractivity contribution in [3.05, 3.63) is 28.2 Å². The van der Waals surface area contributed by atoms with Crippen molar-refractivity contribution in [1.29, 1.82) is 0 Å². The summed E-state index contributed by atoms with van der Waals surface area (Å²) in [6, 6.07) is 4.95. The fourth-order valence-electron chi connectivity index (χ4n) is 1.59. The Kier molecular flexibility index (Phi) is 7.81. The molecule has 1 aromatic carbocycles. The van der Waals surface area contributed by atoms with Gasteiger partial charge in [0.05, 0.1) is 16.0 Å². The van der Waals surface area contributed by atoms with E-state index in [4.69, 9.17) is 35.4 Å². The molecule has 1 rings (SSSR count). The molecule has 0 saturated carbocycles. The summed E-state index contributed by atoms with van der Waals surface area (Å²) in [5, 5.41) is 3.44. The standard InChI is InChI=1S/C14H18Cl2N2OS2/c1-4-18(5-2)14(20)21-9(3)13(19)17-12-8-10(15)6-7-11(12)16/h6-9H,4-5H2,1-3H3,(H,17,19)/t9-/m1/s1. The molecule has 7 heteroatoms. The minimum atomic E-state index is -0.312. The van der Waals surface area contributed by atoms with Crippen molar-refractivity contribution in [1.82, 2.24) is 4.90 Å². The number of carbonyl (C=O) groups is 1. The fraction of sp³-hybridized carbons (Fsp3) is 0.429. The van der Waals surface area contributed by atoms with Crippen LogP contribution in [0, 0.1) is 0 Å². The quantitative estimate of drug-likeness (QED) is 0.768. The predicted molar refractivity (Wildman–Crippen MR) is 97.7 cm³/mol. The van der Waals surface area contributed by atoms with Crippen molar-refractivity contribution in [3.8, 4) is 0 Å². The zero-order valence-electron chi connectivity index (χ0n) is 12.2. The lowest BCUT2D eigenvalue weighted by Crippen LogP contribution is -2.31. The van der Waals surface area contributed by atoms with Crippen molar-refractivity contribution in [2.24, 2.45) is 0 Å². The summed E-state index contributed by atoms with van der Waals surface area (Å²) in [5.41, 5.74) is 0.510. The van der Waals surface area contributed by atoms with Gasteiger partial charge in [0.2, 0.25) is 5.91 Å². The van der Waals surface area contributed by atoms with E-state index in [0.29, 0.717) is 15.7 Å². The Hall–Kier alpha value is -0.490. The van der Waals surface area contributed by atoms with Gasteiger partial charge in [0, 0.05) is 18.1 Å². The van der Waals surface area contributed by atoms with Gasteiger partial charge in [-0.25, -0.2) is 0 Å². The molecule has 3 nitrogen and oxygen atoms in total. The smallest absolute Gasteiger partial charge is 0.237 e. The number of hydrogen-bond donors (Lipinski definition) is 1. The second-order valence-electron chi connectivity index (χ2n) is 4.31. The third kappa shape index (κ3) is 5.66. The number of thioether (sulfide) groups is 1. The third-order valence-corrected chi connectivity index (χ3v) is 4.99. The average molecular weight is 365 g/mol. The molecule has 1 aromatic rings. The van der Waals surface area contributed by atoms with Gasteiger partial charge < -0.3 is 10.2 Å². The Labute approximate surface area is 145 Å². The number of thiocarbonyl (C=S) groups is 1. The molecule has 0 heterocycles. The lowest BCUT2D eigenvalue weighted by atomic mass is 10.3. The van der Waals surface area contributed by atoms with Crippen molar-refractivity contribution >= 4 is 63.1 Å². The molecule has 0 unspecified atom stereocenters. The van der Waals surface area contributed by atoms with E-state index in [9.17, 15) is 4.79 Å². The van der Waals surface area contributed by atoms with Gasteiger partial charge in [-0.1, -0.05) is 47.2 Å². The predicted octanol–water partition coefficient (Wildman–Crippen LogP) is 4.68. The van der Waals surface area contributed by atoms with Gasteiger partial charge in [-0.15, -0.1) is 0 Å². The number of anilines is 1. The number of nitrogens with zero attached hydrogens (tertiary/aromatic N) is 1. The number of amides is 1. The van der Waals surface area contributed by atoms with E-state index in [2.05, 4.69) is 5.32 Å². The summed E-state index contributed by atoms with van der Waals surface area (Å²) < 4.78 is 0.722. The van der Waals surface area contributed by atoms with E-state index in [1.165, 1.54) is 11.8 Å². The summed E-state index contributed by atoms with van der Waals surface area (Å²) in [6.07, 6.45) is 0. The second kappa shape index (κ2) is 8.83. The normalized spacial score (nSPS) is 11.9. The minimum Gasteiger partial charge on any atom is -0.358 e. The maximum Gasteiger partial charge on any atom is 0.237 e. The molecule has 0 aliphatic rings. The Bertz CT molecular complexity index is 522. The third-order valence-electron chi connectivity index (χ3n) is 2.85. The number of carbonyl (C=O) groups excluding carboxylic acids is 1. The van der Waals surface area contributed by atoms with E-state index in [-0.39, 0.29) is 11.2 Å². The van der Waals surface area contributed by atoms with Crippen LogP contribution in [0.1, 0.15) is 20.8 Å². The van der Waals surface area contributed by atoms with Gasteiger partial charge >= 0.3 is 0 Å². The van der Waals surface area contributed by atoms with Crippen LogP contribution in [0.15, 0.2) is 18.2 Å². The molecule has 1 amide bonds. The van der Waals surface area contributed by atoms with E-state index in [1.54, 1.807) is 18.2 Å². The van der Waals surface area contributed by atoms with E-state index in [0.717, 1.165) is 17.4 Å². The molecular weight excluding hydrogens is 347 g/mol. The molecule has 0 aliphatic carbocycles. The van der Waals surface area contributed by atoms with Crippen molar-refractivity contribution in [2.75, 3.05) is 18.4 Å². The van der Waals surface area contributed by atoms with Crippen molar-refractivity contribution in [3.63, 3.8) is 0 Å². The summed E-state index contributed by atoms with van der Waals surface area (Å²) in [7, 11) is 0. The van der Waals surface area contributed by atoms with Crippen LogP contribution in [-0.4, -0.2) is 33.5 Å². The van der Waals surface area contributed by atoms with Gasteiger partial charge in [0.15, 0.2) is 0 Å². The highest BCUT2D eigenvalue weighted by atomic mass is 35.5. The highest BCUT2D eigenvalue weighted by Crippen LogP contribution is 2.26. The van der Waals surface area contributed by atoms with Crippen LogP contribution in [0.5, 0.6) is 0 Å². The lowest BCUT2D eigenvalue weighted by Gasteiger charge is -2.23. The van der Waals surface area contributed by atoms with Crippen LogP contribution < -0.4 is 5.32 Å². The number of hydrogen-bond acceptors (Lipinski definition) is 3. The van der Waals surface area contributed by atoms with Gasteiger partial charge in [0.1, 0.15) is 4.32 Å². The molecule has 0 saturated heterocycles. The Morgan fingerprint density at radius 1 is 1.38 bits per heavy atom. The molecule has 0 radical (unpaired) electrons. The molecule has 0 aliphatic heterocycles. The first-order valence-corrected chi connectivity index (χ1v) is 8.64. The Morgan fingerprint density at radius 2 is 2.00 bits per heavy atom. The summed E-state index contributed by atoms with van der Waals surface area (Å²) in [4.78, 5) is 14.2. The highest BCUT2D eigenvalue weighted by Gasteiger charge is 2.19. The maximum atomic E-state index is 12.2. The first kappa shape index (κ1) is 18.6. The zero-order chi connectivity index (χ0) is 16.0. The van der Waals surface area contributed by atoms with Gasteiger partial charge in [-0.05, 0) is 39.0 Å². The topological polar surface area (TPSA) is 32.3 Å². The molecule has 1 atom stereocenters. The van der Waals surface area contributed by atoms with Gasteiger partial charge in [0.25, 0.3) is 0 Å². The van der Waals surface area contributed by atoms with Crippen LogP contribution in [0.2, 0.25) is 10.0 Å². The lowest BCUT2D eigenvalue weighted by molar-refractivity contribution is -0.115. The zero-order valence-corrected chi connectivity index (χ0v) is 15.3. The summed E-state index contributed by atoms with van der Waals surface area (Å²) in [6.45, 7) is 7.54. The SMILES string of the molecule is CCN(CC)C(=S)S[C@H](C)C(=O)Nc1cc(Cl)ccc1Cl. The number of benzene rings is 1. The first-order chi connectivity index (χ1) is 9.88. The van der Waals surface area contributed by atoms with Gasteiger partial charge in [-0.3, -0.25) is 4.79 Å². The van der Waals surface area contributed by atoms with Crippen LogP contribution >= 0.6 is 47.2 Å². The first-order valence-electron chi connectivity index (χ1n) is 6.60. The number of halogens is 2. The molecule has 0 fully saturated rings. The van der Waals surface area contributed by atoms with Crippen LogP contribution in [0.3, 0.4) is 0 Å². The second-order valence-corrected chi connectivity index (χ2v) is 7.13. The van der Waals surface area contributed by atoms with Crippen LogP contribution in [0.4, 0.5) is 5.69 Å². The molecule has 1 N–H and O–H groups in total. The average Bonchev–Trinajstić information content (AvgIpc) is 2.44. The number of nitrogens with one attached hydrogen (secondary N) is 1. The Balaban J connectivity index is 2.66. The molecule has 0 aromatic heterocycles. The van der Waals surface area contributed by atoms with Crippen LogP contribution in [0.25, 0.3) is 0 Å². The van der Waals surface area contributed by atoms with E-state index >= 15 is 0 Å². The molecule has 0 bridgehead atoms. The summed E-state index contributed by atoms with van der Waals surface area (Å²) >= 11 is 18.6. The Morgan fingerprint density at radius 3 is 2.57 bits per heavy atom. The largest absolute Gasteiger partial charge is 0.358 e. The number of rotatable bonds is 5. The molecule has 116 valence electrons. The maximum absolute atomic E-state index is 12.2. The van der Waals surface area contributed by atoms with Gasteiger partial charge in [-0.2, -0.15) is 0 Å². The molecule has 21 heavy (non-hydrogen) atoms. The van der Waals surface area contributed by atoms with Crippen molar-refractivity contribution < 1.29 is 4.79 Å². The van der Waals surface area contributed by atoms with Crippen LogP contribution in [-0.2, 0) is 4.79 Å².